The van der Waals surface area contributed by atoms with Crippen LogP contribution in [0, 0.1) is 0 Å². The highest BCUT2D eigenvalue weighted by Crippen LogP contribution is 2.22. The molecule has 1 fully saturated rings. The third kappa shape index (κ3) is 4.04. The molecule has 0 saturated heterocycles. The van der Waals surface area contributed by atoms with Gasteiger partial charge in [0.2, 0.25) is 0 Å². The quantitative estimate of drug-likeness (QED) is 0.856. The van der Waals surface area contributed by atoms with Crippen molar-refractivity contribution in [3.05, 3.63) is 35.4 Å². The van der Waals surface area contributed by atoms with E-state index in [0.29, 0.717) is 24.3 Å². The fourth-order valence-corrected chi connectivity index (χ4v) is 2.48. The molecule has 104 valence electrons. The predicted octanol–water partition coefficient (Wildman–Crippen LogP) is 2.43. The Bertz CT molecular complexity index is 408. The molecule has 0 bridgehead atoms. The summed E-state index contributed by atoms with van der Waals surface area (Å²) in [6.45, 7) is 0.564. The van der Waals surface area contributed by atoms with Crippen LogP contribution in [0.2, 0.25) is 0 Å². The molecule has 1 aliphatic carbocycles. The number of nitrogens with one attached hydrogen (secondary N) is 1. The van der Waals surface area contributed by atoms with Gasteiger partial charge in [0, 0.05) is 6.04 Å². The van der Waals surface area contributed by atoms with Crippen molar-refractivity contribution in [3.63, 3.8) is 0 Å². The van der Waals surface area contributed by atoms with Crippen molar-refractivity contribution in [2.24, 2.45) is 0 Å². The maximum Gasteiger partial charge on any atom is 0.335 e. The van der Waals surface area contributed by atoms with Gasteiger partial charge in [-0.2, -0.15) is 0 Å². The molecule has 2 N–H and O–H groups in total. The van der Waals surface area contributed by atoms with Crippen LogP contribution in [0.15, 0.2) is 24.3 Å². The molecule has 0 unspecified atom stereocenters. The number of rotatable bonds is 5. The van der Waals surface area contributed by atoms with Crippen LogP contribution in [0.4, 0.5) is 0 Å². The van der Waals surface area contributed by atoms with Crippen LogP contribution in [0.3, 0.4) is 0 Å². The number of carbonyl (C=O) groups is 1. The molecule has 0 aliphatic heterocycles. The first-order valence-electron chi connectivity index (χ1n) is 6.80. The van der Waals surface area contributed by atoms with Crippen LogP contribution in [-0.4, -0.2) is 30.3 Å². The fourth-order valence-electron chi connectivity index (χ4n) is 2.48. The maximum absolute atomic E-state index is 10.7. The number of hydrogen-bond acceptors (Lipinski definition) is 3. The van der Waals surface area contributed by atoms with E-state index in [-0.39, 0.29) is 0 Å². The summed E-state index contributed by atoms with van der Waals surface area (Å²) in [7, 11) is 2.01. The molecule has 1 saturated carbocycles. The molecule has 0 atom stereocenters. The van der Waals surface area contributed by atoms with Crippen molar-refractivity contribution in [2.75, 3.05) is 7.05 Å². The number of carboxylic acid groups (broad SMARTS) is 1. The molecule has 0 heterocycles. The van der Waals surface area contributed by atoms with Gasteiger partial charge in [-0.1, -0.05) is 12.1 Å². The molecule has 0 amide bonds. The minimum absolute atomic E-state index is 0.318. The molecule has 1 aromatic carbocycles. The zero-order valence-corrected chi connectivity index (χ0v) is 11.3. The van der Waals surface area contributed by atoms with E-state index in [1.807, 2.05) is 19.2 Å². The smallest absolute Gasteiger partial charge is 0.335 e. The van der Waals surface area contributed by atoms with E-state index < -0.39 is 5.97 Å². The molecule has 0 aromatic heterocycles. The van der Waals surface area contributed by atoms with Crippen LogP contribution in [0.5, 0.6) is 0 Å². The van der Waals surface area contributed by atoms with Crippen molar-refractivity contribution in [2.45, 2.75) is 44.4 Å². The second kappa shape index (κ2) is 6.68. The Morgan fingerprint density at radius 3 is 2.42 bits per heavy atom. The first kappa shape index (κ1) is 14.0. The normalized spacial score (nSPS) is 23.2. The minimum atomic E-state index is -0.891. The van der Waals surface area contributed by atoms with Crippen molar-refractivity contribution in [1.29, 1.82) is 0 Å². The predicted molar refractivity (Wildman–Crippen MR) is 73.3 cm³/mol. The van der Waals surface area contributed by atoms with E-state index >= 15 is 0 Å². The monoisotopic (exact) mass is 263 g/mol. The molecule has 0 spiro atoms. The Morgan fingerprint density at radius 2 is 1.89 bits per heavy atom. The van der Waals surface area contributed by atoms with Crippen LogP contribution < -0.4 is 5.32 Å². The molecule has 1 aromatic rings. The minimum Gasteiger partial charge on any atom is -0.478 e. The molecular formula is C15H21NO3. The number of aromatic carboxylic acids is 1. The first-order chi connectivity index (χ1) is 9.19. The van der Waals surface area contributed by atoms with Crippen molar-refractivity contribution >= 4 is 5.97 Å². The lowest BCUT2D eigenvalue weighted by Crippen LogP contribution is -2.32. The fraction of sp³-hybridized carbons (Fsp3) is 0.533. The Kier molecular flexibility index (Phi) is 4.93. The summed E-state index contributed by atoms with van der Waals surface area (Å²) in [6.07, 6.45) is 4.86. The van der Waals surface area contributed by atoms with Gasteiger partial charge in [0.15, 0.2) is 0 Å². The first-order valence-corrected chi connectivity index (χ1v) is 6.80. The lowest BCUT2D eigenvalue weighted by Gasteiger charge is -2.28. The van der Waals surface area contributed by atoms with Crippen molar-refractivity contribution in [3.8, 4) is 0 Å². The molecule has 4 heteroatoms. The van der Waals surface area contributed by atoms with Gasteiger partial charge in [0.25, 0.3) is 0 Å². The summed E-state index contributed by atoms with van der Waals surface area (Å²) < 4.78 is 5.89. The van der Waals surface area contributed by atoms with Crippen molar-refractivity contribution in [1.82, 2.24) is 5.32 Å². The molecule has 0 radical (unpaired) electrons. The van der Waals surface area contributed by atoms with Crippen molar-refractivity contribution < 1.29 is 14.6 Å². The zero-order valence-electron chi connectivity index (χ0n) is 11.3. The highest BCUT2D eigenvalue weighted by atomic mass is 16.5. The number of ether oxygens (including phenoxy) is 1. The molecule has 19 heavy (non-hydrogen) atoms. The molecule has 1 aliphatic rings. The number of hydrogen-bond donors (Lipinski definition) is 2. The van der Waals surface area contributed by atoms with E-state index in [2.05, 4.69) is 5.32 Å². The second-order valence-corrected chi connectivity index (χ2v) is 5.08. The van der Waals surface area contributed by atoms with Crippen LogP contribution in [0.1, 0.15) is 41.6 Å². The molecular weight excluding hydrogens is 242 g/mol. The summed E-state index contributed by atoms with van der Waals surface area (Å²) in [6, 6.07) is 7.53. The van der Waals surface area contributed by atoms with E-state index in [1.165, 1.54) is 12.8 Å². The molecule has 2 rings (SSSR count). The van der Waals surface area contributed by atoms with Gasteiger partial charge in [0.05, 0.1) is 18.3 Å². The Morgan fingerprint density at radius 1 is 1.26 bits per heavy atom. The van der Waals surface area contributed by atoms with E-state index in [4.69, 9.17) is 9.84 Å². The topological polar surface area (TPSA) is 58.6 Å². The van der Waals surface area contributed by atoms with Gasteiger partial charge >= 0.3 is 5.97 Å². The third-order valence-electron chi connectivity index (χ3n) is 3.77. The average molecular weight is 263 g/mol. The van der Waals surface area contributed by atoms with Gasteiger partial charge < -0.3 is 15.2 Å². The Balaban J connectivity index is 1.78. The standard InChI is InChI=1S/C15H21NO3/c1-16-13-6-8-14(9-7-13)19-10-11-2-4-12(5-3-11)15(17)18/h2-5,13-14,16H,6-10H2,1H3,(H,17,18). The van der Waals surface area contributed by atoms with E-state index in [9.17, 15) is 4.79 Å². The molecule has 4 nitrogen and oxygen atoms in total. The summed E-state index contributed by atoms with van der Waals surface area (Å²) in [5.74, 6) is -0.891. The second-order valence-electron chi connectivity index (χ2n) is 5.08. The summed E-state index contributed by atoms with van der Waals surface area (Å²) in [5.41, 5.74) is 1.35. The summed E-state index contributed by atoms with van der Waals surface area (Å²) >= 11 is 0. The maximum atomic E-state index is 10.7. The van der Waals surface area contributed by atoms with Gasteiger partial charge in [0.1, 0.15) is 0 Å². The van der Waals surface area contributed by atoms with E-state index in [1.54, 1.807) is 12.1 Å². The average Bonchev–Trinajstić information content (AvgIpc) is 2.46. The third-order valence-corrected chi connectivity index (χ3v) is 3.77. The number of carboxylic acids is 1. The Labute approximate surface area is 113 Å². The zero-order chi connectivity index (χ0) is 13.7. The van der Waals surface area contributed by atoms with Gasteiger partial charge in [-0.05, 0) is 50.4 Å². The Hall–Kier alpha value is -1.39. The SMILES string of the molecule is CNC1CCC(OCc2ccc(C(=O)O)cc2)CC1. The van der Waals surface area contributed by atoms with Gasteiger partial charge in [-0.3, -0.25) is 0 Å². The summed E-state index contributed by atoms with van der Waals surface area (Å²) in [5, 5.41) is 12.1. The highest BCUT2D eigenvalue weighted by Gasteiger charge is 2.20. The van der Waals surface area contributed by atoms with Crippen LogP contribution in [-0.2, 0) is 11.3 Å². The van der Waals surface area contributed by atoms with E-state index in [0.717, 1.165) is 18.4 Å². The van der Waals surface area contributed by atoms with Gasteiger partial charge in [-0.15, -0.1) is 0 Å². The largest absolute Gasteiger partial charge is 0.478 e. The van der Waals surface area contributed by atoms with Crippen LogP contribution >= 0.6 is 0 Å². The lowest BCUT2D eigenvalue weighted by atomic mass is 9.93. The summed E-state index contributed by atoms with van der Waals surface area (Å²) in [4.78, 5) is 10.7. The number of benzene rings is 1. The van der Waals surface area contributed by atoms with Crippen LogP contribution in [0.25, 0.3) is 0 Å². The highest BCUT2D eigenvalue weighted by molar-refractivity contribution is 5.87. The van der Waals surface area contributed by atoms with Gasteiger partial charge in [-0.25, -0.2) is 4.79 Å². The lowest BCUT2D eigenvalue weighted by molar-refractivity contribution is 0.0118.